The van der Waals surface area contributed by atoms with Crippen molar-refractivity contribution in [2.24, 2.45) is 0 Å². The van der Waals surface area contributed by atoms with E-state index in [0.717, 1.165) is 16.7 Å². The fraction of sp³-hybridized carbons (Fsp3) is 0.222. The van der Waals surface area contributed by atoms with Gasteiger partial charge in [0.2, 0.25) is 0 Å². The first kappa shape index (κ1) is 8.28. The fourth-order valence-corrected chi connectivity index (χ4v) is 0.980. The summed E-state index contributed by atoms with van der Waals surface area (Å²) in [4.78, 5) is 4.03. The van der Waals surface area contributed by atoms with E-state index in [-0.39, 0.29) is 0 Å². The monoisotopic (exact) mass is 167 g/mol. The summed E-state index contributed by atoms with van der Waals surface area (Å²) >= 11 is 5.61. The lowest BCUT2D eigenvalue weighted by Crippen LogP contribution is -1.86. The number of pyridine rings is 1. The maximum Gasteiger partial charge on any atom is 0.0474 e. The molecule has 1 nitrogen and oxygen atoms in total. The molecule has 0 amide bonds. The lowest BCUT2D eigenvalue weighted by atomic mass is 10.1. The van der Waals surface area contributed by atoms with Crippen molar-refractivity contribution in [2.75, 3.05) is 5.88 Å². The minimum atomic E-state index is 0.463. The third-order valence-electron chi connectivity index (χ3n) is 1.44. The highest BCUT2D eigenvalue weighted by Gasteiger charge is 1.96. The zero-order valence-electron chi connectivity index (χ0n) is 6.47. The Labute approximate surface area is 71.7 Å². The average Bonchev–Trinajstić information content (AvgIpc) is 2.03. The number of aromatic nitrogens is 1. The molecule has 0 aliphatic heterocycles. The molecular formula is C9H10ClN. The van der Waals surface area contributed by atoms with Crippen molar-refractivity contribution in [1.29, 1.82) is 0 Å². The molecule has 0 fully saturated rings. The second kappa shape index (κ2) is 3.54. The average molecular weight is 168 g/mol. The minimum absolute atomic E-state index is 0.463. The molecule has 0 atom stereocenters. The normalized spacial score (nSPS) is 9.64. The number of alkyl halides is 1. The minimum Gasteiger partial charge on any atom is -0.264 e. The quantitative estimate of drug-likeness (QED) is 0.618. The van der Waals surface area contributed by atoms with Crippen LogP contribution >= 0.6 is 11.6 Å². The molecule has 2 heteroatoms. The van der Waals surface area contributed by atoms with E-state index in [1.54, 1.807) is 6.20 Å². The van der Waals surface area contributed by atoms with Gasteiger partial charge in [0.25, 0.3) is 0 Å². The summed E-state index contributed by atoms with van der Waals surface area (Å²) in [6, 6.07) is 2.03. The molecule has 0 N–H and O–H groups in total. The van der Waals surface area contributed by atoms with E-state index >= 15 is 0 Å². The number of halogens is 1. The predicted octanol–water partition coefficient (Wildman–Crippen LogP) is 2.64. The summed E-state index contributed by atoms with van der Waals surface area (Å²) in [6.45, 7) is 5.81. The highest BCUT2D eigenvalue weighted by Crippen LogP contribution is 2.12. The first-order chi connectivity index (χ1) is 5.24. The van der Waals surface area contributed by atoms with E-state index in [0.29, 0.717) is 5.88 Å². The first-order valence-corrected chi connectivity index (χ1v) is 3.93. The lowest BCUT2D eigenvalue weighted by Gasteiger charge is -2.00. The van der Waals surface area contributed by atoms with Gasteiger partial charge in [-0.1, -0.05) is 6.58 Å². The molecule has 0 aromatic carbocycles. The zero-order chi connectivity index (χ0) is 8.27. The molecule has 0 radical (unpaired) electrons. The van der Waals surface area contributed by atoms with Gasteiger partial charge in [0, 0.05) is 18.3 Å². The van der Waals surface area contributed by atoms with Crippen molar-refractivity contribution in [3.63, 3.8) is 0 Å². The topological polar surface area (TPSA) is 12.9 Å². The lowest BCUT2D eigenvalue weighted by molar-refractivity contribution is 1.25. The van der Waals surface area contributed by atoms with E-state index in [1.807, 2.05) is 19.2 Å². The summed E-state index contributed by atoms with van der Waals surface area (Å²) in [5.41, 5.74) is 3.08. The third-order valence-corrected chi connectivity index (χ3v) is 1.77. The van der Waals surface area contributed by atoms with Crippen LogP contribution in [0.2, 0.25) is 0 Å². The molecule has 0 unspecified atom stereocenters. The molecule has 11 heavy (non-hydrogen) atoms. The van der Waals surface area contributed by atoms with Crippen molar-refractivity contribution in [3.05, 3.63) is 36.2 Å². The molecule has 1 heterocycles. The van der Waals surface area contributed by atoms with Crippen LogP contribution in [-0.4, -0.2) is 10.9 Å². The third kappa shape index (κ3) is 2.05. The van der Waals surface area contributed by atoms with Gasteiger partial charge in [-0.2, -0.15) is 0 Å². The summed E-state index contributed by atoms with van der Waals surface area (Å²) in [5.74, 6) is 0.463. The largest absolute Gasteiger partial charge is 0.264 e. The SMILES string of the molecule is C=C(CCl)c1cncc(C)c1. The van der Waals surface area contributed by atoms with Gasteiger partial charge in [-0.15, -0.1) is 11.6 Å². The van der Waals surface area contributed by atoms with Crippen LogP contribution < -0.4 is 0 Å². The Balaban J connectivity index is 2.96. The van der Waals surface area contributed by atoms with Crippen LogP contribution in [0.15, 0.2) is 25.0 Å². The molecule has 0 spiro atoms. The molecule has 0 bridgehead atoms. The van der Waals surface area contributed by atoms with Crippen LogP contribution in [0.25, 0.3) is 5.57 Å². The van der Waals surface area contributed by atoms with Crippen LogP contribution in [0, 0.1) is 6.92 Å². The van der Waals surface area contributed by atoms with Gasteiger partial charge in [-0.3, -0.25) is 4.98 Å². The summed E-state index contributed by atoms with van der Waals surface area (Å²) in [7, 11) is 0. The first-order valence-electron chi connectivity index (χ1n) is 3.40. The van der Waals surface area contributed by atoms with Crippen LogP contribution in [0.5, 0.6) is 0 Å². The Morgan fingerprint density at radius 3 is 2.91 bits per heavy atom. The van der Waals surface area contributed by atoms with Gasteiger partial charge in [0.05, 0.1) is 0 Å². The highest BCUT2D eigenvalue weighted by atomic mass is 35.5. The Bertz CT molecular complexity index is 268. The highest BCUT2D eigenvalue weighted by molar-refractivity contribution is 6.23. The Morgan fingerprint density at radius 2 is 2.36 bits per heavy atom. The molecule has 1 rings (SSSR count). The van der Waals surface area contributed by atoms with Gasteiger partial charge in [-0.05, 0) is 29.7 Å². The number of nitrogens with zero attached hydrogens (tertiary/aromatic N) is 1. The van der Waals surface area contributed by atoms with Gasteiger partial charge < -0.3 is 0 Å². The van der Waals surface area contributed by atoms with Crippen molar-refractivity contribution >= 4 is 17.2 Å². The summed E-state index contributed by atoms with van der Waals surface area (Å²) < 4.78 is 0. The van der Waals surface area contributed by atoms with E-state index in [1.165, 1.54) is 0 Å². The van der Waals surface area contributed by atoms with Gasteiger partial charge in [0.1, 0.15) is 0 Å². The summed E-state index contributed by atoms with van der Waals surface area (Å²) in [5, 5.41) is 0. The van der Waals surface area contributed by atoms with Gasteiger partial charge in [0.15, 0.2) is 0 Å². The van der Waals surface area contributed by atoms with Crippen molar-refractivity contribution < 1.29 is 0 Å². The van der Waals surface area contributed by atoms with Crippen molar-refractivity contribution in [3.8, 4) is 0 Å². The summed E-state index contributed by atoms with van der Waals surface area (Å²) in [6.07, 6.45) is 3.59. The molecule has 0 aliphatic rings. The van der Waals surface area contributed by atoms with Gasteiger partial charge in [-0.25, -0.2) is 0 Å². The predicted molar refractivity (Wildman–Crippen MR) is 48.7 cm³/mol. The van der Waals surface area contributed by atoms with Crippen molar-refractivity contribution in [2.45, 2.75) is 6.92 Å². The van der Waals surface area contributed by atoms with E-state index in [9.17, 15) is 0 Å². The Hall–Kier alpha value is -0.820. The maximum absolute atomic E-state index is 5.61. The number of hydrogen-bond donors (Lipinski definition) is 0. The van der Waals surface area contributed by atoms with Crippen LogP contribution in [0.3, 0.4) is 0 Å². The van der Waals surface area contributed by atoms with Crippen LogP contribution in [0.4, 0.5) is 0 Å². The van der Waals surface area contributed by atoms with Crippen LogP contribution in [0.1, 0.15) is 11.1 Å². The Kier molecular flexibility index (Phi) is 2.66. The Morgan fingerprint density at radius 1 is 1.64 bits per heavy atom. The van der Waals surface area contributed by atoms with Crippen molar-refractivity contribution in [1.82, 2.24) is 4.98 Å². The van der Waals surface area contributed by atoms with E-state index in [4.69, 9.17) is 11.6 Å². The maximum atomic E-state index is 5.61. The standard InChI is InChI=1S/C9H10ClN/c1-7-3-9(6-11-5-7)8(2)4-10/h3,5-6H,2,4H2,1H3. The van der Waals surface area contributed by atoms with Gasteiger partial charge >= 0.3 is 0 Å². The number of allylic oxidation sites excluding steroid dienone is 1. The van der Waals surface area contributed by atoms with E-state index in [2.05, 4.69) is 11.6 Å². The molecule has 0 saturated carbocycles. The molecule has 1 aromatic rings. The fourth-order valence-electron chi connectivity index (χ4n) is 0.825. The zero-order valence-corrected chi connectivity index (χ0v) is 7.23. The molecule has 58 valence electrons. The molecule has 0 saturated heterocycles. The smallest absolute Gasteiger partial charge is 0.0474 e. The second-order valence-corrected chi connectivity index (χ2v) is 2.76. The van der Waals surface area contributed by atoms with Crippen LogP contribution in [-0.2, 0) is 0 Å². The van der Waals surface area contributed by atoms with E-state index < -0.39 is 0 Å². The molecular weight excluding hydrogens is 158 g/mol. The number of rotatable bonds is 2. The molecule has 1 aromatic heterocycles. The molecule has 0 aliphatic carbocycles. The number of aryl methyl sites for hydroxylation is 1. The number of hydrogen-bond acceptors (Lipinski definition) is 1. The second-order valence-electron chi connectivity index (χ2n) is 2.49.